The lowest BCUT2D eigenvalue weighted by Gasteiger charge is -2.32. The van der Waals surface area contributed by atoms with E-state index in [0.717, 1.165) is 10.5 Å². The van der Waals surface area contributed by atoms with Crippen LogP contribution >= 0.6 is 0 Å². The van der Waals surface area contributed by atoms with Gasteiger partial charge in [0, 0.05) is 36.7 Å². The van der Waals surface area contributed by atoms with E-state index in [0.29, 0.717) is 34.1 Å². The van der Waals surface area contributed by atoms with Gasteiger partial charge in [-0.25, -0.2) is 9.97 Å². The second kappa shape index (κ2) is 20.5. The molecule has 5 amide bonds. The Labute approximate surface area is 368 Å². The van der Waals surface area contributed by atoms with Crippen molar-refractivity contribution in [2.75, 3.05) is 33.3 Å². The van der Waals surface area contributed by atoms with Gasteiger partial charge in [-0.3, -0.25) is 24.0 Å². The number of aromatic nitrogens is 2. The van der Waals surface area contributed by atoms with Crippen molar-refractivity contribution < 1.29 is 33.8 Å². The number of nitriles is 1. The lowest BCUT2D eigenvalue weighted by molar-refractivity contribution is -0.141. The van der Waals surface area contributed by atoms with Crippen LogP contribution in [0.4, 0.5) is 0 Å². The van der Waals surface area contributed by atoms with E-state index in [4.69, 9.17) is 21.5 Å². The van der Waals surface area contributed by atoms with Crippen molar-refractivity contribution in [2.45, 2.75) is 77.4 Å². The van der Waals surface area contributed by atoms with Crippen LogP contribution in [-0.2, 0) is 25.6 Å². The van der Waals surface area contributed by atoms with E-state index in [1.54, 1.807) is 44.2 Å². The second-order valence-electron chi connectivity index (χ2n) is 16.5. The minimum atomic E-state index is -1.53. The Morgan fingerprint density at radius 2 is 1.65 bits per heavy atom. The number of hydrogen-bond donors (Lipinski definition) is 7. The summed E-state index contributed by atoms with van der Waals surface area (Å²) >= 11 is 0. The Bertz CT molecular complexity index is 2390. The summed E-state index contributed by atoms with van der Waals surface area (Å²) in [5, 5.41) is 32.2. The Hall–Kier alpha value is -6.68. The monoisotopic (exact) mass is 876 g/mol. The Morgan fingerprint density at radius 1 is 0.968 bits per heavy atom. The predicted molar refractivity (Wildman–Crippen MR) is 240 cm³/mol. The maximum atomic E-state index is 14.6. The Balaban J connectivity index is 1.53. The van der Waals surface area contributed by atoms with E-state index < -0.39 is 61.8 Å². The minimum Gasteiger partial charge on any atom is -0.507 e. The zero-order valence-electron chi connectivity index (χ0n) is 36.7. The quantitative estimate of drug-likeness (QED) is 0.0750. The highest BCUT2D eigenvalue weighted by molar-refractivity contribution is 6.88. The molecule has 2 heterocycles. The molecule has 4 aromatic rings. The molecule has 1 aliphatic rings. The number of phenols is 1. The summed E-state index contributed by atoms with van der Waals surface area (Å²) in [6, 6.07) is 14.3. The fourth-order valence-electron chi connectivity index (χ4n) is 7.37. The molecule has 0 aliphatic carbocycles. The molecule has 0 saturated carbocycles. The highest BCUT2D eigenvalue weighted by atomic mass is 28.3. The number of aryl methyl sites for hydroxylation is 2. The van der Waals surface area contributed by atoms with Crippen LogP contribution in [0.3, 0.4) is 0 Å². The van der Waals surface area contributed by atoms with Crippen molar-refractivity contribution in [3.05, 3.63) is 88.7 Å². The molecule has 4 unspecified atom stereocenters. The van der Waals surface area contributed by atoms with Gasteiger partial charge in [-0.2, -0.15) is 5.26 Å². The second-order valence-corrected chi connectivity index (χ2v) is 21.6. The number of nitrogens with two attached hydrogens (primary N) is 2. The van der Waals surface area contributed by atoms with Gasteiger partial charge in [-0.05, 0) is 69.1 Å². The number of benzene rings is 3. The Morgan fingerprint density at radius 3 is 2.27 bits per heavy atom. The largest absolute Gasteiger partial charge is 0.507 e. The summed E-state index contributed by atoms with van der Waals surface area (Å²) in [6.45, 7) is 11.6. The van der Waals surface area contributed by atoms with E-state index in [-0.39, 0.29) is 61.5 Å². The molecule has 18 heteroatoms. The number of rotatable bonds is 13. The van der Waals surface area contributed by atoms with Crippen LogP contribution in [0.25, 0.3) is 22.5 Å². The van der Waals surface area contributed by atoms with Crippen molar-refractivity contribution in [1.82, 2.24) is 36.1 Å². The average molecular weight is 877 g/mol. The number of carbonyl (C=O) groups is 5. The van der Waals surface area contributed by atoms with Gasteiger partial charge < -0.3 is 47.5 Å². The number of nitrogens with zero attached hydrogens (tertiary/aromatic N) is 4. The molecule has 0 fully saturated rings. The molecular weight excluding hydrogens is 821 g/mol. The average Bonchev–Trinajstić information content (AvgIpc) is 3.24. The molecule has 332 valence electrons. The summed E-state index contributed by atoms with van der Waals surface area (Å²) in [4.78, 5) is 80.4. The van der Waals surface area contributed by atoms with Gasteiger partial charge in [0.1, 0.15) is 48.8 Å². The van der Waals surface area contributed by atoms with Gasteiger partial charge in [0.05, 0.1) is 31.1 Å². The van der Waals surface area contributed by atoms with E-state index in [1.807, 2.05) is 18.2 Å². The third kappa shape index (κ3) is 11.2. The maximum absolute atomic E-state index is 14.6. The molecule has 0 radical (unpaired) electrons. The molecule has 9 N–H and O–H groups in total. The first kappa shape index (κ1) is 47.4. The van der Waals surface area contributed by atoms with Crippen molar-refractivity contribution in [1.29, 1.82) is 5.26 Å². The van der Waals surface area contributed by atoms with Gasteiger partial charge in [0.15, 0.2) is 5.82 Å². The van der Waals surface area contributed by atoms with Gasteiger partial charge in [0.2, 0.25) is 23.6 Å². The number of amides is 5. The van der Waals surface area contributed by atoms with Crippen molar-refractivity contribution in [3.8, 4) is 40.1 Å². The molecule has 63 heavy (non-hydrogen) atoms. The van der Waals surface area contributed by atoms with E-state index in [2.05, 4.69) is 63.0 Å². The normalized spacial score (nSPS) is 16.9. The van der Waals surface area contributed by atoms with Gasteiger partial charge in [-0.15, -0.1) is 0 Å². The van der Waals surface area contributed by atoms with Gasteiger partial charge in [0.25, 0.3) is 5.91 Å². The van der Waals surface area contributed by atoms with Crippen LogP contribution < -0.4 is 42.7 Å². The molecule has 1 aromatic heterocycles. The number of likely N-dealkylation sites (N-methyl/N-ethyl adjacent to an activating group) is 1. The predicted octanol–water partition coefficient (Wildman–Crippen LogP) is 1.85. The van der Waals surface area contributed by atoms with Crippen molar-refractivity contribution >= 4 is 42.8 Å². The molecule has 0 spiro atoms. The lowest BCUT2D eigenvalue weighted by Crippen LogP contribution is -2.56. The summed E-state index contributed by atoms with van der Waals surface area (Å²) < 4.78 is 5.98. The van der Waals surface area contributed by atoms with Crippen LogP contribution in [0.1, 0.15) is 52.3 Å². The number of aromatic hydroxyl groups is 1. The number of phenolic OH excluding ortho intramolecular Hbond substituents is 1. The van der Waals surface area contributed by atoms with Crippen molar-refractivity contribution in [3.63, 3.8) is 0 Å². The number of carbonyl (C=O) groups excluding carboxylic acids is 5. The zero-order valence-corrected chi connectivity index (χ0v) is 37.7. The molecule has 17 nitrogen and oxygen atoms in total. The Kier molecular flexibility index (Phi) is 15.4. The highest BCUT2D eigenvalue weighted by Gasteiger charge is 2.36. The standard InChI is InChI=1S/C45H56N10O7Si/c1-25-38(26(2)51-40(50-25)29-9-12-31(13-10-29)63(5,6)7)43(59)53-34(16-17-46)45(61)55(4)39-30-11-15-37(62-21-19-48)33(24-30)32-22-28(8-14-36(32)56)23-35(42(58)49-20-18-47)54-41(57)27(3)52-44(39)60/h8-15,22,24,27,34-35,39,56H,16-17,19-21,23,46,48H2,1-7H3,(H,49,58)(H,52,60)(H,53,59)(H,54,57). The summed E-state index contributed by atoms with van der Waals surface area (Å²) in [5.74, 6) is -2.83. The topological polar surface area (TPSA) is 268 Å². The first-order valence-electron chi connectivity index (χ1n) is 20.7. The van der Waals surface area contributed by atoms with E-state index in [9.17, 15) is 29.1 Å². The third-order valence-electron chi connectivity index (χ3n) is 10.8. The lowest BCUT2D eigenvalue weighted by atomic mass is 9.93. The fourth-order valence-corrected chi connectivity index (χ4v) is 8.54. The van der Waals surface area contributed by atoms with Gasteiger partial charge >= 0.3 is 0 Å². The maximum Gasteiger partial charge on any atom is 0.255 e. The van der Waals surface area contributed by atoms with Crippen LogP contribution in [0.15, 0.2) is 60.7 Å². The van der Waals surface area contributed by atoms with Crippen LogP contribution in [-0.4, -0.2) is 109 Å². The van der Waals surface area contributed by atoms with Crippen molar-refractivity contribution in [2.24, 2.45) is 11.5 Å². The molecule has 3 aromatic carbocycles. The SMILES string of the molecule is Cc1nc(-c2ccc([Si](C)(C)C)cc2)nc(C)c1C(=O)NC(CCN)C(=O)N(C)C1C(=O)NC(C)C(=O)NC(C(=O)NCC#N)Cc2ccc(O)c(c2)-c2cc1ccc2OCCN. The smallest absolute Gasteiger partial charge is 0.255 e. The first-order valence-corrected chi connectivity index (χ1v) is 24.2. The minimum absolute atomic E-state index is 0.00439. The summed E-state index contributed by atoms with van der Waals surface area (Å²) in [7, 11) is -0.141. The third-order valence-corrected chi connectivity index (χ3v) is 12.8. The number of nitrogens with one attached hydrogen (secondary N) is 4. The molecule has 4 bridgehead atoms. The molecular formula is C45H56N10O7Si. The molecule has 4 atom stereocenters. The number of fused-ring (bicyclic) bond motifs is 5. The fraction of sp³-hybridized carbons (Fsp3) is 0.378. The molecule has 5 rings (SSSR count). The first-order chi connectivity index (χ1) is 29.9. The summed E-state index contributed by atoms with van der Waals surface area (Å²) in [6.07, 6.45) is -0.0404. The molecule has 1 aliphatic heterocycles. The highest BCUT2D eigenvalue weighted by Crippen LogP contribution is 2.39. The van der Waals surface area contributed by atoms with E-state index in [1.165, 1.54) is 25.2 Å². The van der Waals surface area contributed by atoms with E-state index >= 15 is 0 Å². The van der Waals surface area contributed by atoms with Crippen LogP contribution in [0.2, 0.25) is 19.6 Å². The van der Waals surface area contributed by atoms with Crippen LogP contribution in [0.5, 0.6) is 11.5 Å². The number of hydrogen-bond acceptors (Lipinski definition) is 12. The summed E-state index contributed by atoms with van der Waals surface area (Å²) in [5.41, 5.74) is 15.0. The van der Waals surface area contributed by atoms with Gasteiger partial charge in [-0.1, -0.05) is 61.2 Å². The number of ether oxygens (including phenoxy) is 1. The zero-order chi connectivity index (χ0) is 46.2. The molecule has 0 saturated heterocycles. The van der Waals surface area contributed by atoms with Crippen LogP contribution in [0, 0.1) is 25.2 Å².